The van der Waals surface area contributed by atoms with Gasteiger partial charge >= 0.3 is 0 Å². The fraction of sp³-hybridized carbons (Fsp3) is 0.226. The molecule has 0 unspecified atom stereocenters. The summed E-state index contributed by atoms with van der Waals surface area (Å²) in [6, 6.07) is 15.7. The number of carbonyl (C=O) groups is 2. The molecule has 2 aliphatic rings. The van der Waals surface area contributed by atoms with Crippen LogP contribution in [0.15, 0.2) is 73.1 Å². The fourth-order valence-corrected chi connectivity index (χ4v) is 5.99. The van der Waals surface area contributed by atoms with Crippen molar-refractivity contribution >= 4 is 39.8 Å². The molecule has 0 bridgehead atoms. The highest BCUT2D eigenvalue weighted by Gasteiger charge is 2.46. The quantitative estimate of drug-likeness (QED) is 0.347. The molecule has 7 nitrogen and oxygen atoms in total. The summed E-state index contributed by atoms with van der Waals surface area (Å²) in [5, 5.41) is 3.68. The summed E-state index contributed by atoms with van der Waals surface area (Å²) in [4.78, 5) is 34.3. The summed E-state index contributed by atoms with van der Waals surface area (Å²) < 4.78 is 2.05. The Labute approximate surface area is 221 Å². The largest absolute Gasteiger partial charge is 0.383 e. The van der Waals surface area contributed by atoms with E-state index in [2.05, 4.69) is 34.0 Å². The summed E-state index contributed by atoms with van der Waals surface area (Å²) >= 11 is 0. The number of allylic oxidation sites excluding steroid dienone is 2. The second-order valence-corrected chi connectivity index (χ2v) is 10.4. The Morgan fingerprint density at radius 3 is 2.58 bits per heavy atom. The molecule has 3 N–H and O–H groups in total. The molecule has 1 amide bonds. The van der Waals surface area contributed by atoms with E-state index in [4.69, 9.17) is 5.73 Å². The van der Waals surface area contributed by atoms with Gasteiger partial charge in [0.25, 0.3) is 5.91 Å². The average molecular weight is 504 g/mol. The first-order valence-corrected chi connectivity index (χ1v) is 12.8. The molecule has 38 heavy (non-hydrogen) atoms. The number of fused-ring (bicyclic) bond motifs is 2. The molecule has 0 saturated heterocycles. The van der Waals surface area contributed by atoms with Crippen molar-refractivity contribution in [2.75, 3.05) is 11.1 Å². The molecule has 4 aromatic rings. The van der Waals surface area contributed by atoms with Crippen LogP contribution in [0.2, 0.25) is 0 Å². The number of aryl methyl sites for hydroxylation is 1. The summed E-state index contributed by atoms with van der Waals surface area (Å²) in [7, 11) is 1.98. The van der Waals surface area contributed by atoms with Crippen molar-refractivity contribution in [2.45, 2.75) is 32.6 Å². The van der Waals surface area contributed by atoms with Gasteiger partial charge in [0.2, 0.25) is 0 Å². The highest BCUT2D eigenvalue weighted by Crippen LogP contribution is 2.50. The predicted molar refractivity (Wildman–Crippen MR) is 151 cm³/mol. The van der Waals surface area contributed by atoms with E-state index in [1.54, 1.807) is 6.92 Å². The summed E-state index contributed by atoms with van der Waals surface area (Å²) in [5.41, 5.74) is 14.1. The monoisotopic (exact) mass is 503 g/mol. The minimum Gasteiger partial charge on any atom is -0.383 e. The van der Waals surface area contributed by atoms with Gasteiger partial charge in [-0.25, -0.2) is 9.97 Å². The van der Waals surface area contributed by atoms with Crippen LogP contribution < -0.4 is 11.1 Å². The molecule has 2 aromatic carbocycles. The molecule has 7 heteroatoms. The van der Waals surface area contributed by atoms with Gasteiger partial charge in [0.15, 0.2) is 5.78 Å². The average Bonchev–Trinajstić information content (AvgIpc) is 3.37. The number of aromatic nitrogens is 3. The first-order chi connectivity index (χ1) is 18.3. The molecular formula is C31H29N5O2. The van der Waals surface area contributed by atoms with Crippen LogP contribution in [-0.2, 0) is 18.3 Å². The van der Waals surface area contributed by atoms with E-state index < -0.39 is 0 Å². The van der Waals surface area contributed by atoms with Gasteiger partial charge in [-0.1, -0.05) is 49.1 Å². The van der Waals surface area contributed by atoms with Gasteiger partial charge < -0.3 is 15.6 Å². The summed E-state index contributed by atoms with van der Waals surface area (Å²) in [5.74, 6) is 0.482. The number of nitrogens with two attached hydrogens (primary N) is 1. The van der Waals surface area contributed by atoms with Gasteiger partial charge in [-0.05, 0) is 61.4 Å². The van der Waals surface area contributed by atoms with Crippen molar-refractivity contribution in [1.29, 1.82) is 0 Å². The molecule has 1 atom stereocenters. The number of ketones is 1. The molecule has 0 radical (unpaired) electrons. The third-order valence-electron chi connectivity index (χ3n) is 8.01. The SMILES string of the molecule is C=C(C)C(=O)Nc1ccc(-c2c(C3=CC[C@]4(CC3)Cc3ccccc3C4=O)c3c(N)ncnc3n2C)cc1. The van der Waals surface area contributed by atoms with Crippen molar-refractivity contribution < 1.29 is 9.59 Å². The van der Waals surface area contributed by atoms with Gasteiger partial charge in [-0.3, -0.25) is 9.59 Å². The van der Waals surface area contributed by atoms with Crippen LogP contribution in [0.4, 0.5) is 11.5 Å². The molecule has 1 spiro atoms. The highest BCUT2D eigenvalue weighted by molar-refractivity contribution is 6.07. The lowest BCUT2D eigenvalue weighted by Crippen LogP contribution is -2.29. The van der Waals surface area contributed by atoms with Crippen molar-refractivity contribution in [3.8, 4) is 11.3 Å². The first kappa shape index (κ1) is 23.9. The third kappa shape index (κ3) is 3.65. The predicted octanol–water partition coefficient (Wildman–Crippen LogP) is 5.72. The minimum absolute atomic E-state index is 0.212. The smallest absolute Gasteiger partial charge is 0.250 e. The molecule has 0 saturated carbocycles. The number of Topliss-reactive ketones (excluding diaryl/α,β-unsaturated/α-hetero) is 1. The lowest BCUT2D eigenvalue weighted by atomic mass is 9.71. The van der Waals surface area contributed by atoms with E-state index in [1.807, 2.05) is 54.1 Å². The van der Waals surface area contributed by atoms with Crippen molar-refractivity contribution in [1.82, 2.24) is 14.5 Å². The molecule has 190 valence electrons. The van der Waals surface area contributed by atoms with Crippen molar-refractivity contribution in [2.24, 2.45) is 12.5 Å². The van der Waals surface area contributed by atoms with E-state index in [0.717, 1.165) is 63.8 Å². The van der Waals surface area contributed by atoms with Crippen LogP contribution in [0.1, 0.15) is 47.7 Å². The topological polar surface area (TPSA) is 103 Å². The Hall–Kier alpha value is -4.52. The molecule has 0 fully saturated rings. The normalized spacial score (nSPS) is 18.5. The van der Waals surface area contributed by atoms with Crippen molar-refractivity contribution in [3.63, 3.8) is 0 Å². The number of anilines is 2. The van der Waals surface area contributed by atoms with Crippen LogP contribution in [0.3, 0.4) is 0 Å². The van der Waals surface area contributed by atoms with Gasteiger partial charge in [-0.15, -0.1) is 0 Å². The lowest BCUT2D eigenvalue weighted by molar-refractivity contribution is -0.112. The second kappa shape index (κ2) is 8.80. The zero-order valence-electron chi connectivity index (χ0n) is 21.5. The number of nitrogens with zero attached hydrogens (tertiary/aromatic N) is 3. The number of hydrogen-bond acceptors (Lipinski definition) is 5. The van der Waals surface area contributed by atoms with E-state index in [1.165, 1.54) is 6.33 Å². The van der Waals surface area contributed by atoms with Crippen LogP contribution in [0.25, 0.3) is 27.9 Å². The number of nitrogens with one attached hydrogen (secondary N) is 1. The number of hydrogen-bond donors (Lipinski definition) is 2. The maximum absolute atomic E-state index is 13.4. The first-order valence-electron chi connectivity index (χ1n) is 12.8. The van der Waals surface area contributed by atoms with Crippen LogP contribution in [0, 0.1) is 5.41 Å². The lowest BCUT2D eigenvalue weighted by Gasteiger charge is -2.31. The zero-order chi connectivity index (χ0) is 26.6. The van der Waals surface area contributed by atoms with Crippen LogP contribution in [0.5, 0.6) is 0 Å². The third-order valence-corrected chi connectivity index (χ3v) is 8.01. The van der Waals surface area contributed by atoms with E-state index in [-0.39, 0.29) is 17.1 Å². The number of rotatable bonds is 4. The number of benzene rings is 2. The van der Waals surface area contributed by atoms with Crippen LogP contribution in [-0.4, -0.2) is 26.2 Å². The van der Waals surface area contributed by atoms with Crippen molar-refractivity contribution in [3.05, 3.63) is 89.8 Å². The number of amides is 1. The Balaban J connectivity index is 1.42. The van der Waals surface area contributed by atoms with E-state index >= 15 is 0 Å². The Bertz CT molecular complexity index is 1680. The highest BCUT2D eigenvalue weighted by atomic mass is 16.1. The summed E-state index contributed by atoms with van der Waals surface area (Å²) in [6.45, 7) is 5.38. The molecule has 6 rings (SSSR count). The number of nitrogen functional groups attached to an aromatic ring is 1. The van der Waals surface area contributed by atoms with Gasteiger partial charge in [0.05, 0.1) is 11.1 Å². The van der Waals surface area contributed by atoms with E-state index in [9.17, 15) is 9.59 Å². The number of carbonyl (C=O) groups excluding carboxylic acids is 2. The van der Waals surface area contributed by atoms with Gasteiger partial charge in [0, 0.05) is 34.9 Å². The van der Waals surface area contributed by atoms with Crippen LogP contribution >= 0.6 is 0 Å². The maximum atomic E-state index is 13.4. The Morgan fingerprint density at radius 2 is 1.89 bits per heavy atom. The van der Waals surface area contributed by atoms with Gasteiger partial charge in [-0.2, -0.15) is 0 Å². The second-order valence-electron chi connectivity index (χ2n) is 10.4. The fourth-order valence-electron chi connectivity index (χ4n) is 5.99. The maximum Gasteiger partial charge on any atom is 0.250 e. The molecule has 2 aliphatic carbocycles. The Kier molecular flexibility index (Phi) is 5.52. The van der Waals surface area contributed by atoms with Gasteiger partial charge in [0.1, 0.15) is 17.8 Å². The molecule has 2 heterocycles. The zero-order valence-corrected chi connectivity index (χ0v) is 21.5. The molecular weight excluding hydrogens is 474 g/mol. The van der Waals surface area contributed by atoms with E-state index in [0.29, 0.717) is 23.5 Å². The Morgan fingerprint density at radius 1 is 1.13 bits per heavy atom. The summed E-state index contributed by atoms with van der Waals surface area (Å²) in [6.07, 6.45) is 6.72. The molecule has 0 aliphatic heterocycles. The molecule has 2 aromatic heterocycles. The minimum atomic E-state index is -0.372. The standard InChI is InChI=1S/C31H29N5O2/c1-18(2)30(38)35-22-10-8-20(9-11-22)26-24(25-28(32)33-17-34-29(25)36(26)3)19-12-14-31(15-13-19)16-21-6-4-5-7-23(21)27(31)37/h4-12,17H,1,13-16H2,2-3H3,(H,35,38)(H2,32,33,34)/t31-/m0/s1.